The number of anilines is 1. The lowest BCUT2D eigenvalue weighted by Gasteiger charge is -2.19. The Balaban J connectivity index is 1.55. The fourth-order valence-corrected chi connectivity index (χ4v) is 3.43. The van der Waals surface area contributed by atoms with Crippen LogP contribution in [-0.2, 0) is 11.2 Å². The summed E-state index contributed by atoms with van der Waals surface area (Å²) in [7, 11) is 0. The third kappa shape index (κ3) is 4.07. The molecule has 2 N–H and O–H groups in total. The predicted octanol–water partition coefficient (Wildman–Crippen LogP) is 3.14. The average molecular weight is 365 g/mol. The number of aromatic nitrogens is 4. The molecule has 27 heavy (non-hydrogen) atoms. The molecule has 1 aliphatic carbocycles. The molecule has 7 heteroatoms. The van der Waals surface area contributed by atoms with Gasteiger partial charge in [0.2, 0.25) is 0 Å². The zero-order chi connectivity index (χ0) is 18.8. The Morgan fingerprint density at radius 3 is 2.74 bits per heavy atom. The SMILES string of the molecule is CC1CC1c1nnc2ccc(NC(CCC(=O)O)Cc3ccccc3)nn12. The molecule has 4 rings (SSSR count). The molecule has 0 aliphatic heterocycles. The van der Waals surface area contributed by atoms with Gasteiger partial charge in [0.05, 0.1) is 0 Å². The van der Waals surface area contributed by atoms with Crippen molar-refractivity contribution in [3.63, 3.8) is 0 Å². The lowest BCUT2D eigenvalue weighted by atomic mass is 10.0. The summed E-state index contributed by atoms with van der Waals surface area (Å²) >= 11 is 0. The number of nitrogens with one attached hydrogen (secondary N) is 1. The molecular formula is C20H23N5O2. The van der Waals surface area contributed by atoms with Crippen LogP contribution in [0.4, 0.5) is 5.82 Å². The summed E-state index contributed by atoms with van der Waals surface area (Å²) in [6, 6.07) is 13.8. The average Bonchev–Trinajstić information content (AvgIpc) is 3.23. The van der Waals surface area contributed by atoms with Gasteiger partial charge in [-0.05, 0) is 42.9 Å². The topological polar surface area (TPSA) is 92.4 Å². The Morgan fingerprint density at radius 1 is 1.26 bits per heavy atom. The number of hydrogen-bond donors (Lipinski definition) is 2. The van der Waals surface area contributed by atoms with E-state index in [1.54, 1.807) is 0 Å². The van der Waals surface area contributed by atoms with Gasteiger partial charge in [-0.3, -0.25) is 4.79 Å². The minimum atomic E-state index is -0.790. The monoisotopic (exact) mass is 365 g/mol. The highest BCUT2D eigenvalue weighted by atomic mass is 16.4. The van der Waals surface area contributed by atoms with Crippen molar-refractivity contribution in [1.29, 1.82) is 0 Å². The first-order chi connectivity index (χ1) is 13.1. The first-order valence-corrected chi connectivity index (χ1v) is 9.35. The van der Waals surface area contributed by atoms with Crippen LogP contribution in [0.25, 0.3) is 5.65 Å². The third-order valence-corrected chi connectivity index (χ3v) is 5.11. The van der Waals surface area contributed by atoms with Gasteiger partial charge in [-0.15, -0.1) is 15.3 Å². The van der Waals surface area contributed by atoms with Crippen LogP contribution >= 0.6 is 0 Å². The summed E-state index contributed by atoms with van der Waals surface area (Å²) in [5.74, 6) is 1.88. The van der Waals surface area contributed by atoms with Crippen LogP contribution < -0.4 is 5.32 Å². The molecule has 1 saturated carbocycles. The van der Waals surface area contributed by atoms with E-state index in [0.717, 1.165) is 24.3 Å². The van der Waals surface area contributed by atoms with Gasteiger partial charge in [-0.25, -0.2) is 0 Å². The summed E-state index contributed by atoms with van der Waals surface area (Å²) in [5, 5.41) is 25.7. The number of carboxylic acid groups (broad SMARTS) is 1. The van der Waals surface area contributed by atoms with E-state index in [0.29, 0.717) is 24.1 Å². The van der Waals surface area contributed by atoms with Crippen molar-refractivity contribution in [3.8, 4) is 0 Å². The molecule has 0 radical (unpaired) electrons. The lowest BCUT2D eigenvalue weighted by Crippen LogP contribution is -2.24. The van der Waals surface area contributed by atoms with Crippen LogP contribution in [0.3, 0.4) is 0 Å². The van der Waals surface area contributed by atoms with Gasteiger partial charge >= 0.3 is 5.97 Å². The number of benzene rings is 1. The molecule has 0 amide bonds. The summed E-state index contributed by atoms with van der Waals surface area (Å²) < 4.78 is 1.81. The highest BCUT2D eigenvalue weighted by Gasteiger charge is 2.38. The normalized spacial score (nSPS) is 19.7. The first-order valence-electron chi connectivity index (χ1n) is 9.35. The number of carboxylic acids is 1. The molecule has 0 saturated heterocycles. The van der Waals surface area contributed by atoms with Crippen molar-refractivity contribution < 1.29 is 9.90 Å². The highest BCUT2D eigenvalue weighted by molar-refractivity contribution is 5.66. The lowest BCUT2D eigenvalue weighted by molar-refractivity contribution is -0.137. The number of aliphatic carboxylic acids is 1. The minimum Gasteiger partial charge on any atom is -0.481 e. The Hall–Kier alpha value is -2.96. The molecular weight excluding hydrogens is 342 g/mol. The second kappa shape index (κ2) is 7.34. The van der Waals surface area contributed by atoms with Crippen LogP contribution in [0, 0.1) is 5.92 Å². The summed E-state index contributed by atoms with van der Waals surface area (Å²) in [4.78, 5) is 11.0. The Morgan fingerprint density at radius 2 is 2.04 bits per heavy atom. The van der Waals surface area contributed by atoms with E-state index in [2.05, 4.69) is 39.7 Å². The fraction of sp³-hybridized carbons (Fsp3) is 0.400. The van der Waals surface area contributed by atoms with Gasteiger partial charge in [0.25, 0.3) is 0 Å². The van der Waals surface area contributed by atoms with Crippen molar-refractivity contribution in [1.82, 2.24) is 19.8 Å². The van der Waals surface area contributed by atoms with Crippen LogP contribution in [0.5, 0.6) is 0 Å². The molecule has 0 spiro atoms. The maximum atomic E-state index is 11.0. The van der Waals surface area contributed by atoms with Crippen molar-refractivity contribution in [2.24, 2.45) is 5.92 Å². The van der Waals surface area contributed by atoms with E-state index in [-0.39, 0.29) is 12.5 Å². The maximum Gasteiger partial charge on any atom is 0.303 e. The quantitative estimate of drug-likeness (QED) is 0.637. The number of hydrogen-bond acceptors (Lipinski definition) is 5. The van der Waals surface area contributed by atoms with Crippen LogP contribution in [0.1, 0.15) is 43.5 Å². The van der Waals surface area contributed by atoms with Crippen LogP contribution in [0.15, 0.2) is 42.5 Å². The van der Waals surface area contributed by atoms with Crippen molar-refractivity contribution in [3.05, 3.63) is 53.9 Å². The minimum absolute atomic E-state index is 0.0202. The van der Waals surface area contributed by atoms with Crippen molar-refractivity contribution in [2.75, 3.05) is 5.32 Å². The molecule has 2 aromatic heterocycles. The van der Waals surface area contributed by atoms with Gasteiger partial charge in [0.15, 0.2) is 11.5 Å². The fourth-order valence-electron chi connectivity index (χ4n) is 3.43. The van der Waals surface area contributed by atoms with E-state index in [1.165, 1.54) is 5.56 Å². The van der Waals surface area contributed by atoms with Crippen molar-refractivity contribution >= 4 is 17.4 Å². The molecule has 0 bridgehead atoms. The zero-order valence-corrected chi connectivity index (χ0v) is 15.2. The van der Waals surface area contributed by atoms with E-state index in [4.69, 9.17) is 5.11 Å². The van der Waals surface area contributed by atoms with Crippen LogP contribution in [-0.4, -0.2) is 36.9 Å². The van der Waals surface area contributed by atoms with Gasteiger partial charge < -0.3 is 10.4 Å². The largest absolute Gasteiger partial charge is 0.481 e. The van der Waals surface area contributed by atoms with Gasteiger partial charge in [0.1, 0.15) is 5.82 Å². The van der Waals surface area contributed by atoms with Gasteiger partial charge in [0, 0.05) is 18.4 Å². The number of rotatable bonds is 8. The van der Waals surface area contributed by atoms with Gasteiger partial charge in [-0.1, -0.05) is 37.3 Å². The zero-order valence-electron chi connectivity index (χ0n) is 15.2. The first kappa shape index (κ1) is 17.5. The summed E-state index contributed by atoms with van der Waals surface area (Å²) in [6.07, 6.45) is 2.50. The summed E-state index contributed by atoms with van der Waals surface area (Å²) in [5.41, 5.74) is 1.90. The molecule has 3 atom stereocenters. The highest BCUT2D eigenvalue weighted by Crippen LogP contribution is 2.45. The Labute approximate surface area is 157 Å². The maximum absolute atomic E-state index is 11.0. The molecule has 140 valence electrons. The smallest absolute Gasteiger partial charge is 0.303 e. The second-order valence-electron chi connectivity index (χ2n) is 7.33. The Kier molecular flexibility index (Phi) is 4.75. The number of nitrogens with zero attached hydrogens (tertiary/aromatic N) is 4. The molecule has 1 aromatic carbocycles. The number of carbonyl (C=O) groups is 1. The predicted molar refractivity (Wildman–Crippen MR) is 102 cm³/mol. The van der Waals surface area contributed by atoms with Crippen molar-refractivity contribution in [2.45, 2.75) is 44.6 Å². The molecule has 1 aliphatic rings. The molecule has 3 aromatic rings. The third-order valence-electron chi connectivity index (χ3n) is 5.11. The number of fused-ring (bicyclic) bond motifs is 1. The Bertz CT molecular complexity index is 940. The van der Waals surface area contributed by atoms with Crippen LogP contribution in [0.2, 0.25) is 0 Å². The molecule has 2 heterocycles. The molecule has 1 fully saturated rings. The van der Waals surface area contributed by atoms with Gasteiger partial charge in [-0.2, -0.15) is 4.52 Å². The van der Waals surface area contributed by atoms with E-state index in [9.17, 15) is 4.79 Å². The molecule has 3 unspecified atom stereocenters. The van der Waals surface area contributed by atoms with E-state index >= 15 is 0 Å². The summed E-state index contributed by atoms with van der Waals surface area (Å²) in [6.45, 7) is 2.20. The standard InChI is InChI=1S/C20H23N5O2/c1-13-11-16(13)20-23-22-18-9-8-17(24-25(18)20)21-15(7-10-19(26)27)12-14-5-3-2-4-6-14/h2-6,8-9,13,15-16H,7,10-12H2,1H3,(H,21,24)(H,26,27). The van der Waals surface area contributed by atoms with E-state index < -0.39 is 5.97 Å². The van der Waals surface area contributed by atoms with E-state index in [1.807, 2.05) is 34.8 Å². The molecule has 7 nitrogen and oxygen atoms in total. The second-order valence-corrected chi connectivity index (χ2v) is 7.33.